The molecule has 0 fully saturated rings. The number of fused-ring (bicyclic) bond motifs is 8. The van der Waals surface area contributed by atoms with Gasteiger partial charge >= 0.3 is 12.1 Å². The maximum absolute atomic E-state index is 13.6. The number of anilines is 4. The minimum absolute atomic E-state index is 0.363. The van der Waals surface area contributed by atoms with Gasteiger partial charge in [0, 0.05) is 70.7 Å². The average Bonchev–Trinajstić information content (AvgIpc) is 3.28. The van der Waals surface area contributed by atoms with Crippen LogP contribution in [0.5, 0.6) is 23.0 Å². The quantitative estimate of drug-likeness (QED) is 0.0768. The maximum atomic E-state index is 13.6. The third-order valence-electron chi connectivity index (χ3n) is 10.7. The van der Waals surface area contributed by atoms with Crippen molar-refractivity contribution in [2.45, 2.75) is 79.1 Å². The molecule has 0 heterocycles. The topological polar surface area (TPSA) is 119 Å². The van der Waals surface area contributed by atoms with Gasteiger partial charge in [0.2, 0.25) is 0 Å². The van der Waals surface area contributed by atoms with Gasteiger partial charge in [0.1, 0.15) is 23.0 Å². The van der Waals surface area contributed by atoms with Crippen molar-refractivity contribution in [2.24, 2.45) is 0 Å². The number of ether oxygens (including phenoxy) is 4. The number of para-hydroxylation sites is 4. The molecule has 0 saturated carbocycles. The van der Waals surface area contributed by atoms with E-state index in [1.54, 1.807) is 0 Å². The molecule has 10 heteroatoms. The van der Waals surface area contributed by atoms with Gasteiger partial charge in [-0.25, -0.2) is 9.59 Å². The fourth-order valence-electron chi connectivity index (χ4n) is 8.02. The van der Waals surface area contributed by atoms with Crippen LogP contribution in [-0.2, 0) is 25.7 Å². The Morgan fingerprint density at radius 2 is 0.625 bits per heavy atom. The molecule has 1 aliphatic carbocycles. The van der Waals surface area contributed by atoms with E-state index < -0.39 is 0 Å². The van der Waals surface area contributed by atoms with E-state index in [0.717, 1.165) is 93.2 Å². The van der Waals surface area contributed by atoms with Gasteiger partial charge in [0.25, 0.3) is 0 Å². The summed E-state index contributed by atoms with van der Waals surface area (Å²) in [4.78, 5) is 27.3. The summed E-state index contributed by atoms with van der Waals surface area (Å²) in [6.45, 7) is 10.5. The fraction of sp³-hybridized carbons (Fsp3) is 0.296. The normalized spacial score (nSPS) is 11.8. The molecule has 0 unspecified atom stereocenters. The number of hydrogen-bond acceptors (Lipinski definition) is 6. The van der Waals surface area contributed by atoms with E-state index in [4.69, 9.17) is 18.9 Å². The van der Waals surface area contributed by atoms with Crippen LogP contribution in [0, 0.1) is 0 Å². The number of hydrogen-bond donors (Lipinski definition) is 4. The predicted molar refractivity (Wildman–Crippen MR) is 258 cm³/mol. The first kappa shape index (κ1) is 45.1. The smallest absolute Gasteiger partial charge is 0.323 e. The van der Waals surface area contributed by atoms with E-state index in [0.29, 0.717) is 74.9 Å². The lowest BCUT2D eigenvalue weighted by molar-refractivity contribution is 0.261. The first-order valence-electron chi connectivity index (χ1n) is 22.7. The second kappa shape index (κ2) is 22.4. The van der Waals surface area contributed by atoms with Crippen LogP contribution in [-0.4, -0.2) is 38.5 Å². The van der Waals surface area contributed by atoms with Gasteiger partial charge in [-0.05, 0) is 96.5 Å². The van der Waals surface area contributed by atoms with Crippen LogP contribution >= 0.6 is 0 Å². The van der Waals surface area contributed by atoms with Gasteiger partial charge in [-0.1, -0.05) is 100 Å². The Bertz CT molecular complexity index is 2340. The molecule has 4 amide bonds. The zero-order valence-electron chi connectivity index (χ0n) is 37.5. The number of nitrogens with one attached hydrogen (secondary N) is 4. The van der Waals surface area contributed by atoms with Crippen molar-refractivity contribution in [2.75, 3.05) is 47.7 Å². The van der Waals surface area contributed by atoms with Crippen molar-refractivity contribution in [3.8, 4) is 23.0 Å². The molecule has 64 heavy (non-hydrogen) atoms. The van der Waals surface area contributed by atoms with Crippen LogP contribution in [0.25, 0.3) is 0 Å². The summed E-state index contributed by atoms with van der Waals surface area (Å²) in [5.41, 5.74) is 10.2. The highest BCUT2D eigenvalue weighted by Gasteiger charge is 2.24. The van der Waals surface area contributed by atoms with Gasteiger partial charge in [-0.2, -0.15) is 0 Å². The number of benzene rings is 6. The van der Waals surface area contributed by atoms with Crippen LogP contribution in [0.4, 0.5) is 32.3 Å². The molecule has 6 aromatic carbocycles. The molecule has 0 saturated heterocycles. The van der Waals surface area contributed by atoms with Crippen LogP contribution in [0.1, 0.15) is 97.9 Å². The molecule has 0 spiro atoms. The second-order valence-corrected chi connectivity index (χ2v) is 16.0. The summed E-state index contributed by atoms with van der Waals surface area (Å²) in [6.07, 6.45) is 5.18. The van der Waals surface area contributed by atoms with Crippen molar-refractivity contribution in [1.29, 1.82) is 0 Å². The van der Waals surface area contributed by atoms with Gasteiger partial charge in [-0.3, -0.25) is 0 Å². The van der Waals surface area contributed by atoms with Gasteiger partial charge in [-0.15, -0.1) is 0 Å². The van der Waals surface area contributed by atoms with Crippen molar-refractivity contribution in [3.05, 3.63) is 166 Å². The van der Waals surface area contributed by atoms with E-state index in [9.17, 15) is 9.59 Å². The highest BCUT2D eigenvalue weighted by molar-refractivity contribution is 6.00. The largest absolute Gasteiger partial charge is 0.493 e. The van der Waals surface area contributed by atoms with Crippen molar-refractivity contribution < 1.29 is 28.5 Å². The minimum Gasteiger partial charge on any atom is -0.493 e. The Hall–Kier alpha value is -6.94. The average molecular weight is 861 g/mol. The van der Waals surface area contributed by atoms with Crippen LogP contribution in [0.2, 0.25) is 0 Å². The third-order valence-corrected chi connectivity index (χ3v) is 10.7. The van der Waals surface area contributed by atoms with E-state index in [-0.39, 0.29) is 12.1 Å². The van der Waals surface area contributed by atoms with Crippen LogP contribution in [0.15, 0.2) is 121 Å². The summed E-state index contributed by atoms with van der Waals surface area (Å²) in [5, 5.41) is 12.2. The molecule has 0 radical (unpaired) electrons. The highest BCUT2D eigenvalue weighted by Crippen LogP contribution is 2.41. The number of rotatable bonds is 16. The Kier molecular flexibility index (Phi) is 15.8. The lowest BCUT2D eigenvalue weighted by Crippen LogP contribution is -2.20. The summed E-state index contributed by atoms with van der Waals surface area (Å²) in [6, 6.07) is 38.7. The number of urea groups is 2. The SMILES string of the molecule is CCCOc1c2cccc1Cc1cc(NC(=O)Nc3ccccc3)cc(c1OCCC)Cc1cc(NC(=O)Nc3ccccc3)cc(c1OCCC)Cc1cccc(c1OCCC)C2. The molecule has 10 nitrogen and oxygen atoms in total. The molecule has 332 valence electrons. The molecule has 0 aromatic heterocycles. The number of carbonyl (C=O) groups excluding carboxylic acids is 2. The molecular weight excluding hydrogens is 801 g/mol. The van der Waals surface area contributed by atoms with E-state index in [1.165, 1.54) is 0 Å². The van der Waals surface area contributed by atoms with Crippen molar-refractivity contribution >= 4 is 34.8 Å². The third kappa shape index (κ3) is 11.7. The van der Waals surface area contributed by atoms with Gasteiger partial charge in [0.05, 0.1) is 26.4 Å². The monoisotopic (exact) mass is 860 g/mol. The Balaban J connectivity index is 1.45. The van der Waals surface area contributed by atoms with Gasteiger partial charge in [0.15, 0.2) is 0 Å². The number of amides is 4. The first-order valence-corrected chi connectivity index (χ1v) is 22.7. The summed E-state index contributed by atoms with van der Waals surface area (Å²) in [7, 11) is 0. The van der Waals surface area contributed by atoms with Crippen molar-refractivity contribution in [1.82, 2.24) is 0 Å². The second-order valence-electron chi connectivity index (χ2n) is 16.0. The maximum Gasteiger partial charge on any atom is 0.323 e. The molecule has 1 aliphatic rings. The zero-order valence-corrected chi connectivity index (χ0v) is 37.5. The summed E-state index contributed by atoms with van der Waals surface area (Å²) >= 11 is 0. The summed E-state index contributed by atoms with van der Waals surface area (Å²) < 4.78 is 26.8. The van der Waals surface area contributed by atoms with E-state index in [2.05, 4.69) is 85.4 Å². The molecule has 6 aromatic rings. The molecule has 8 bridgehead atoms. The Morgan fingerprint density at radius 3 is 0.938 bits per heavy atom. The van der Waals surface area contributed by atoms with E-state index in [1.807, 2.05) is 84.9 Å². The predicted octanol–water partition coefficient (Wildman–Crippen LogP) is 12.8. The molecule has 0 aliphatic heterocycles. The molecular formula is C54H60N4O6. The van der Waals surface area contributed by atoms with Gasteiger partial charge < -0.3 is 40.2 Å². The standard InChI is InChI=1S/C54H60N4O6/c1-5-25-61-49-37-17-15-19-39(49)30-41-33-47(57-53(59)55-45-21-11-9-12-22-45)35-43(51(41)63-27-7-3)32-44-36-48(58-54(60)56-46-23-13-10-14-24-46)34-42(52(44)64-28-8-4)31-40-20-16-18-38(29-37)50(40)62-26-6-2/h9-24,33-36H,5-8,25-32H2,1-4H3,(H2,55,57,59)(H2,56,58,60). The Labute approximate surface area is 377 Å². The molecule has 4 N–H and O–H groups in total. The Morgan fingerprint density at radius 1 is 0.359 bits per heavy atom. The lowest BCUT2D eigenvalue weighted by atomic mass is 9.90. The number of carbonyl (C=O) groups is 2. The van der Waals surface area contributed by atoms with E-state index >= 15 is 0 Å². The minimum atomic E-state index is -0.367. The molecule has 0 atom stereocenters. The highest BCUT2D eigenvalue weighted by atomic mass is 16.5. The first-order chi connectivity index (χ1) is 31.3. The van der Waals surface area contributed by atoms with Crippen LogP contribution in [0.3, 0.4) is 0 Å². The summed E-state index contributed by atoms with van der Waals surface area (Å²) in [5.74, 6) is 3.16. The molecule has 7 rings (SSSR count). The zero-order chi connectivity index (χ0) is 44.7. The fourth-order valence-corrected chi connectivity index (χ4v) is 8.02. The lowest BCUT2D eigenvalue weighted by Gasteiger charge is -2.24. The van der Waals surface area contributed by atoms with Crippen LogP contribution < -0.4 is 40.2 Å². The van der Waals surface area contributed by atoms with Crippen molar-refractivity contribution in [3.63, 3.8) is 0 Å².